The molecule has 1 aliphatic heterocycles. The molecule has 1 fully saturated rings. The molecule has 39 heavy (non-hydrogen) atoms. The molecule has 0 aromatic heterocycles. The second-order valence-electron chi connectivity index (χ2n) is 7.89. The maximum atomic E-state index is 13.0. The molecule has 198 valence electrons. The first-order valence-electron chi connectivity index (χ1n) is 10.9. The van der Waals surface area contributed by atoms with Crippen LogP contribution in [0.25, 0.3) is 6.08 Å². The lowest BCUT2D eigenvalue weighted by Gasteiger charge is -2.26. The number of nitrogens with zero attached hydrogens (tertiary/aromatic N) is 2. The molecule has 0 saturated carbocycles. The summed E-state index contributed by atoms with van der Waals surface area (Å²) < 4.78 is 5.96. The zero-order chi connectivity index (χ0) is 28.3. The van der Waals surface area contributed by atoms with Crippen molar-refractivity contribution in [2.24, 2.45) is 0 Å². The van der Waals surface area contributed by atoms with Crippen molar-refractivity contribution in [3.8, 4) is 5.75 Å². The van der Waals surface area contributed by atoms with E-state index in [0.29, 0.717) is 31.4 Å². The number of non-ortho nitro benzene ring substituents is 1. The molecule has 0 unspecified atom stereocenters. The van der Waals surface area contributed by atoms with Crippen LogP contribution in [0.5, 0.6) is 5.75 Å². The maximum absolute atomic E-state index is 13.0. The minimum Gasteiger partial charge on any atom is -0.483 e. The van der Waals surface area contributed by atoms with Gasteiger partial charge in [0.05, 0.1) is 25.1 Å². The van der Waals surface area contributed by atoms with E-state index in [1.165, 1.54) is 36.4 Å². The molecule has 4 rings (SSSR count). The Morgan fingerprint density at radius 2 is 1.77 bits per heavy atom. The molecule has 1 aliphatic rings. The third-order valence-corrected chi connectivity index (χ3v) is 6.61. The highest BCUT2D eigenvalue weighted by molar-refractivity contribution is 9.10. The van der Waals surface area contributed by atoms with E-state index in [1.54, 1.807) is 18.2 Å². The van der Waals surface area contributed by atoms with Crippen LogP contribution in [-0.2, 0) is 14.4 Å². The fourth-order valence-electron chi connectivity index (χ4n) is 3.42. The summed E-state index contributed by atoms with van der Waals surface area (Å²) in [6.45, 7) is -0.327. The van der Waals surface area contributed by atoms with Crippen LogP contribution in [0.1, 0.15) is 5.56 Å². The normalized spacial score (nSPS) is 14.3. The summed E-state index contributed by atoms with van der Waals surface area (Å²) in [6.07, 6.45) is 1.27. The number of nitro benzene ring substituents is 1. The van der Waals surface area contributed by atoms with Gasteiger partial charge in [-0.05, 0) is 70.0 Å². The molecule has 0 radical (unpaired) electrons. The van der Waals surface area contributed by atoms with Gasteiger partial charge in [-0.3, -0.25) is 29.8 Å². The van der Waals surface area contributed by atoms with Crippen molar-refractivity contribution >= 4 is 86.0 Å². The highest BCUT2D eigenvalue weighted by atomic mass is 79.9. The van der Waals surface area contributed by atoms with Crippen molar-refractivity contribution in [3.63, 3.8) is 0 Å². The summed E-state index contributed by atoms with van der Waals surface area (Å²) in [4.78, 5) is 61.0. The van der Waals surface area contributed by atoms with Crippen molar-refractivity contribution in [1.82, 2.24) is 5.32 Å². The van der Waals surface area contributed by atoms with Gasteiger partial charge in [0.2, 0.25) is 0 Å². The monoisotopic (exact) mass is 632 g/mol. The summed E-state index contributed by atoms with van der Waals surface area (Å²) in [5.41, 5.74) is 0.330. The fourth-order valence-corrected chi connectivity index (χ4v) is 4.23. The van der Waals surface area contributed by atoms with Gasteiger partial charge in [0.1, 0.15) is 11.3 Å². The van der Waals surface area contributed by atoms with Gasteiger partial charge in [0.15, 0.2) is 6.61 Å². The number of ether oxygens (including phenoxy) is 1. The number of benzene rings is 3. The van der Waals surface area contributed by atoms with Gasteiger partial charge < -0.3 is 10.1 Å². The van der Waals surface area contributed by atoms with Crippen molar-refractivity contribution in [2.75, 3.05) is 16.8 Å². The van der Waals surface area contributed by atoms with Gasteiger partial charge in [0.25, 0.3) is 23.4 Å². The van der Waals surface area contributed by atoms with Crippen LogP contribution in [0.4, 0.5) is 21.9 Å². The Balaban J connectivity index is 1.47. The van der Waals surface area contributed by atoms with E-state index < -0.39 is 28.7 Å². The molecule has 0 spiro atoms. The van der Waals surface area contributed by atoms with Crippen LogP contribution in [0, 0.1) is 10.1 Å². The van der Waals surface area contributed by atoms with Gasteiger partial charge in [0, 0.05) is 17.8 Å². The second-order valence-corrected chi connectivity index (χ2v) is 9.56. The van der Waals surface area contributed by atoms with Crippen LogP contribution in [0.15, 0.2) is 70.7 Å². The molecular formula is C25H15BrCl2N4O7. The van der Waals surface area contributed by atoms with Gasteiger partial charge in [-0.25, -0.2) is 9.69 Å². The quantitative estimate of drug-likeness (QED) is 0.154. The van der Waals surface area contributed by atoms with E-state index in [9.17, 15) is 29.3 Å². The third kappa shape index (κ3) is 6.42. The van der Waals surface area contributed by atoms with Crippen LogP contribution in [-0.4, -0.2) is 35.3 Å². The first-order chi connectivity index (χ1) is 18.5. The van der Waals surface area contributed by atoms with Gasteiger partial charge >= 0.3 is 6.03 Å². The van der Waals surface area contributed by atoms with Crippen molar-refractivity contribution in [3.05, 3.63) is 96.4 Å². The molecule has 1 heterocycles. The summed E-state index contributed by atoms with van der Waals surface area (Å²) >= 11 is 15.1. The fraction of sp³-hybridized carbons (Fsp3) is 0.0400. The number of carbonyl (C=O) groups excluding carboxylic acids is 4. The number of urea groups is 1. The molecule has 0 bridgehead atoms. The lowest BCUT2D eigenvalue weighted by Crippen LogP contribution is -2.54. The lowest BCUT2D eigenvalue weighted by molar-refractivity contribution is -0.384. The Bertz CT molecular complexity index is 1560. The Labute approximate surface area is 238 Å². The summed E-state index contributed by atoms with van der Waals surface area (Å²) in [5.74, 6) is -1.96. The Hall–Kier alpha value is -4.26. The number of rotatable bonds is 7. The van der Waals surface area contributed by atoms with E-state index in [4.69, 9.17) is 27.9 Å². The Morgan fingerprint density at radius 1 is 1.05 bits per heavy atom. The molecule has 0 atom stereocenters. The zero-order valence-corrected chi connectivity index (χ0v) is 22.5. The molecule has 11 nitrogen and oxygen atoms in total. The highest BCUT2D eigenvalue weighted by Gasteiger charge is 2.37. The lowest BCUT2D eigenvalue weighted by atomic mass is 10.1. The summed E-state index contributed by atoms with van der Waals surface area (Å²) in [7, 11) is 0. The zero-order valence-electron chi connectivity index (χ0n) is 19.4. The van der Waals surface area contributed by atoms with Crippen LogP contribution >= 0.6 is 39.1 Å². The van der Waals surface area contributed by atoms with E-state index in [2.05, 4.69) is 26.6 Å². The maximum Gasteiger partial charge on any atom is 0.335 e. The van der Waals surface area contributed by atoms with Crippen molar-refractivity contribution in [1.29, 1.82) is 0 Å². The van der Waals surface area contributed by atoms with Gasteiger partial charge in [-0.1, -0.05) is 29.3 Å². The predicted octanol–water partition coefficient (Wildman–Crippen LogP) is 5.35. The van der Waals surface area contributed by atoms with E-state index in [1.807, 2.05) is 0 Å². The number of nitrogens with one attached hydrogen (secondary N) is 2. The number of anilines is 2. The van der Waals surface area contributed by atoms with Gasteiger partial charge in [-0.2, -0.15) is 0 Å². The molecule has 3 aromatic rings. The largest absolute Gasteiger partial charge is 0.483 e. The average molecular weight is 634 g/mol. The molecule has 3 aromatic carbocycles. The number of nitro groups is 1. The molecule has 5 amide bonds. The average Bonchev–Trinajstić information content (AvgIpc) is 2.88. The first kappa shape index (κ1) is 27.8. The first-order valence-corrected chi connectivity index (χ1v) is 12.4. The van der Waals surface area contributed by atoms with Crippen LogP contribution in [0.2, 0.25) is 10.0 Å². The van der Waals surface area contributed by atoms with Gasteiger partial charge in [-0.15, -0.1) is 0 Å². The predicted molar refractivity (Wildman–Crippen MR) is 147 cm³/mol. The standard InChI is InChI=1S/C25H15BrCl2N4O7/c26-18-10-13(1-8-21(18)39-12-22(33)29-14-2-7-19(27)20(28)11-14)9-17-23(34)30-25(36)31(24(17)35)15-3-5-16(6-4-15)32(37)38/h1-11H,12H2,(H,29,33)(H,30,34,36)/b17-9-. The number of halogens is 3. The van der Waals surface area contributed by atoms with E-state index in [0.717, 1.165) is 12.1 Å². The number of hydrogen-bond acceptors (Lipinski definition) is 7. The smallest absolute Gasteiger partial charge is 0.335 e. The number of carbonyl (C=O) groups is 4. The van der Waals surface area contributed by atoms with Crippen LogP contribution < -0.4 is 20.3 Å². The minimum atomic E-state index is -0.986. The minimum absolute atomic E-state index is 0.0468. The topological polar surface area (TPSA) is 148 Å². The van der Waals surface area contributed by atoms with Crippen LogP contribution in [0.3, 0.4) is 0 Å². The SMILES string of the molecule is O=C(COc1ccc(/C=C2/C(=O)NC(=O)N(c3ccc([N+](=O)[O-])cc3)C2=O)cc1Br)Nc1ccc(Cl)c(Cl)c1. The number of imide groups is 2. The summed E-state index contributed by atoms with van der Waals surface area (Å²) in [5, 5.41) is 16.2. The van der Waals surface area contributed by atoms with Crippen molar-refractivity contribution in [2.45, 2.75) is 0 Å². The molecule has 1 saturated heterocycles. The Morgan fingerprint density at radius 3 is 2.41 bits per heavy atom. The second kappa shape index (κ2) is 11.6. The molecule has 0 aliphatic carbocycles. The number of barbiturate groups is 1. The van der Waals surface area contributed by atoms with Crippen molar-refractivity contribution < 1.29 is 28.8 Å². The third-order valence-electron chi connectivity index (χ3n) is 5.25. The summed E-state index contributed by atoms with van der Waals surface area (Å²) in [6, 6.07) is 13.0. The highest BCUT2D eigenvalue weighted by Crippen LogP contribution is 2.29. The van der Waals surface area contributed by atoms with E-state index in [-0.39, 0.29) is 28.6 Å². The Kier molecular flexibility index (Phi) is 8.29. The molecule has 14 heteroatoms. The number of hydrogen-bond donors (Lipinski definition) is 2. The molecule has 2 N–H and O–H groups in total. The van der Waals surface area contributed by atoms with E-state index >= 15 is 0 Å². The number of amides is 5. The molecular weight excluding hydrogens is 619 g/mol.